The number of ether oxygens (including phenoxy) is 1. The van der Waals surface area contributed by atoms with Gasteiger partial charge in [-0.15, -0.1) is 0 Å². The maximum absolute atomic E-state index is 5.43. The lowest BCUT2D eigenvalue weighted by molar-refractivity contribution is 0.313. The molecule has 0 bridgehead atoms. The number of rotatable bonds is 1. The summed E-state index contributed by atoms with van der Waals surface area (Å²) in [5.41, 5.74) is 5.62. The first kappa shape index (κ1) is 14.5. The molecule has 0 N–H and O–H groups in total. The Morgan fingerprint density at radius 3 is 2.70 bits per heavy atom. The van der Waals surface area contributed by atoms with Crippen LogP contribution in [0, 0.1) is 0 Å². The first-order valence-corrected chi connectivity index (χ1v) is 8.35. The molecule has 4 nitrogen and oxygen atoms in total. The molecule has 2 aromatic rings. The van der Waals surface area contributed by atoms with E-state index < -0.39 is 0 Å². The molecule has 4 heteroatoms. The number of fused-ring (bicyclic) bond motifs is 2. The largest absolute Gasteiger partial charge is 0.497 e. The van der Waals surface area contributed by atoms with Crippen molar-refractivity contribution in [1.82, 2.24) is 14.5 Å². The Labute approximate surface area is 137 Å². The fourth-order valence-electron chi connectivity index (χ4n) is 3.71. The highest BCUT2D eigenvalue weighted by Gasteiger charge is 2.24. The zero-order valence-electron chi connectivity index (χ0n) is 13.9. The highest BCUT2D eigenvalue weighted by atomic mass is 16.5. The van der Waals surface area contributed by atoms with E-state index in [9.17, 15) is 0 Å². The summed E-state index contributed by atoms with van der Waals surface area (Å²) in [5, 5.41) is 0. The van der Waals surface area contributed by atoms with E-state index >= 15 is 0 Å². The van der Waals surface area contributed by atoms with Crippen molar-refractivity contribution < 1.29 is 4.74 Å². The minimum absolute atomic E-state index is 0.941. The molecule has 23 heavy (non-hydrogen) atoms. The number of likely N-dealkylation sites (tertiary alicyclic amines) is 1. The predicted molar refractivity (Wildman–Crippen MR) is 91.7 cm³/mol. The number of hydrogen-bond acceptors (Lipinski definition) is 3. The third-order valence-electron chi connectivity index (χ3n) is 5.09. The van der Waals surface area contributed by atoms with E-state index in [1.165, 1.54) is 16.7 Å². The van der Waals surface area contributed by atoms with Gasteiger partial charge in [0.05, 0.1) is 7.11 Å². The normalized spacial score (nSPS) is 18.3. The van der Waals surface area contributed by atoms with Crippen LogP contribution in [0.5, 0.6) is 5.75 Å². The maximum atomic E-state index is 5.43. The number of aromatic nitrogens is 2. The lowest BCUT2D eigenvalue weighted by Crippen LogP contribution is -2.27. The average molecular weight is 309 g/mol. The molecule has 2 aliphatic heterocycles. The lowest BCUT2D eigenvalue weighted by atomic mass is 9.90. The maximum Gasteiger partial charge on any atom is 0.140 e. The lowest BCUT2D eigenvalue weighted by Gasteiger charge is -2.26. The van der Waals surface area contributed by atoms with Crippen molar-refractivity contribution in [3.63, 3.8) is 0 Å². The van der Waals surface area contributed by atoms with Gasteiger partial charge >= 0.3 is 0 Å². The molecule has 0 unspecified atom stereocenters. The Kier molecular flexibility index (Phi) is 3.69. The molecular weight excluding hydrogens is 286 g/mol. The Morgan fingerprint density at radius 1 is 1.09 bits per heavy atom. The number of piperidine rings is 1. The van der Waals surface area contributed by atoms with Crippen LogP contribution >= 0.6 is 0 Å². The van der Waals surface area contributed by atoms with Crippen molar-refractivity contribution in [3.05, 3.63) is 53.1 Å². The minimum Gasteiger partial charge on any atom is -0.497 e. The van der Waals surface area contributed by atoms with Crippen LogP contribution in [0.15, 0.2) is 36.2 Å². The molecular formula is C19H23N3O. The third-order valence-corrected chi connectivity index (χ3v) is 5.09. The van der Waals surface area contributed by atoms with Crippen molar-refractivity contribution in [3.8, 4) is 5.75 Å². The summed E-state index contributed by atoms with van der Waals surface area (Å²) < 4.78 is 7.73. The van der Waals surface area contributed by atoms with Crippen LogP contribution in [-0.2, 0) is 13.0 Å². The van der Waals surface area contributed by atoms with Crippen molar-refractivity contribution >= 4 is 5.57 Å². The Balaban J connectivity index is 1.89. The van der Waals surface area contributed by atoms with E-state index in [-0.39, 0.29) is 0 Å². The summed E-state index contributed by atoms with van der Waals surface area (Å²) in [6, 6.07) is 6.49. The molecule has 0 atom stereocenters. The van der Waals surface area contributed by atoms with Gasteiger partial charge in [-0.25, -0.2) is 4.98 Å². The topological polar surface area (TPSA) is 30.3 Å². The smallest absolute Gasteiger partial charge is 0.140 e. The summed E-state index contributed by atoms with van der Waals surface area (Å²) in [7, 11) is 3.94. The van der Waals surface area contributed by atoms with Gasteiger partial charge in [0.15, 0.2) is 0 Å². The van der Waals surface area contributed by atoms with Crippen molar-refractivity contribution in [2.45, 2.75) is 25.8 Å². The number of nitrogens with zero attached hydrogens (tertiary/aromatic N) is 3. The molecule has 0 radical (unpaired) electrons. The number of imidazole rings is 1. The second-order valence-electron chi connectivity index (χ2n) is 6.50. The van der Waals surface area contributed by atoms with Gasteiger partial charge in [0.1, 0.15) is 11.6 Å². The third kappa shape index (κ3) is 2.57. The molecule has 120 valence electrons. The first-order chi connectivity index (χ1) is 11.3. The monoisotopic (exact) mass is 309 g/mol. The molecule has 1 aromatic heterocycles. The van der Waals surface area contributed by atoms with E-state index in [1.54, 1.807) is 12.7 Å². The Hall–Kier alpha value is -2.07. The molecule has 4 rings (SSSR count). The fraction of sp³-hybridized carbons (Fsp3) is 0.421. The summed E-state index contributed by atoms with van der Waals surface area (Å²) in [5.74, 6) is 2.07. The van der Waals surface area contributed by atoms with E-state index in [4.69, 9.17) is 9.72 Å². The molecule has 1 saturated heterocycles. The summed E-state index contributed by atoms with van der Waals surface area (Å²) >= 11 is 0. The second kappa shape index (κ2) is 5.85. The van der Waals surface area contributed by atoms with Crippen molar-refractivity contribution in [2.24, 2.45) is 0 Å². The van der Waals surface area contributed by atoms with Gasteiger partial charge in [-0.2, -0.15) is 0 Å². The molecule has 1 aromatic carbocycles. The molecule has 0 amide bonds. The van der Waals surface area contributed by atoms with Crippen LogP contribution in [0.25, 0.3) is 5.57 Å². The van der Waals surface area contributed by atoms with Crippen LogP contribution in [0.2, 0.25) is 0 Å². The van der Waals surface area contributed by atoms with E-state index in [2.05, 4.69) is 40.9 Å². The number of aryl methyl sites for hydroxylation is 2. The van der Waals surface area contributed by atoms with Gasteiger partial charge in [-0.05, 0) is 49.6 Å². The van der Waals surface area contributed by atoms with Crippen LogP contribution in [-0.4, -0.2) is 41.7 Å². The highest BCUT2D eigenvalue weighted by molar-refractivity contribution is 5.82. The SMILES string of the molecule is COc1ccc2c(c1)CCn1ccnc1C2=C1CCN(C)CC1. The predicted octanol–water partition coefficient (Wildman–Crippen LogP) is 2.98. The van der Waals surface area contributed by atoms with Gasteiger partial charge in [-0.3, -0.25) is 0 Å². The van der Waals surface area contributed by atoms with Crippen LogP contribution in [0.1, 0.15) is 29.8 Å². The van der Waals surface area contributed by atoms with Gasteiger partial charge in [0, 0.05) is 37.6 Å². The van der Waals surface area contributed by atoms with Crippen molar-refractivity contribution in [1.29, 1.82) is 0 Å². The van der Waals surface area contributed by atoms with E-state index in [1.807, 2.05) is 6.20 Å². The second-order valence-corrected chi connectivity index (χ2v) is 6.50. The van der Waals surface area contributed by atoms with Crippen LogP contribution < -0.4 is 4.74 Å². The standard InChI is InChI=1S/C19H23N3O/c1-21-9-5-14(6-10-21)18-17-4-3-16(23-2)13-15(17)7-11-22-12-8-20-19(18)22/h3-4,8,12-13H,5-7,9-11H2,1-2H3. The minimum atomic E-state index is 0.941. The Morgan fingerprint density at radius 2 is 1.91 bits per heavy atom. The summed E-state index contributed by atoms with van der Waals surface area (Å²) in [4.78, 5) is 7.10. The fourth-order valence-corrected chi connectivity index (χ4v) is 3.71. The molecule has 3 heterocycles. The highest BCUT2D eigenvalue weighted by Crippen LogP contribution is 2.36. The van der Waals surface area contributed by atoms with Gasteiger partial charge in [-0.1, -0.05) is 11.6 Å². The molecule has 0 saturated carbocycles. The van der Waals surface area contributed by atoms with Gasteiger partial charge in [0.25, 0.3) is 0 Å². The number of hydrogen-bond donors (Lipinski definition) is 0. The molecule has 0 spiro atoms. The molecule has 2 aliphatic rings. The van der Waals surface area contributed by atoms with E-state index in [0.29, 0.717) is 0 Å². The quantitative estimate of drug-likeness (QED) is 0.811. The average Bonchev–Trinajstić information content (AvgIpc) is 2.98. The van der Waals surface area contributed by atoms with Gasteiger partial charge < -0.3 is 14.2 Å². The number of methoxy groups -OCH3 is 1. The van der Waals surface area contributed by atoms with E-state index in [0.717, 1.165) is 50.5 Å². The van der Waals surface area contributed by atoms with Crippen molar-refractivity contribution in [2.75, 3.05) is 27.2 Å². The number of benzene rings is 1. The van der Waals surface area contributed by atoms with Gasteiger partial charge in [0.2, 0.25) is 0 Å². The molecule has 0 aliphatic carbocycles. The first-order valence-electron chi connectivity index (χ1n) is 8.35. The van der Waals surface area contributed by atoms with Crippen LogP contribution in [0.4, 0.5) is 0 Å². The summed E-state index contributed by atoms with van der Waals surface area (Å²) in [6.07, 6.45) is 7.31. The van der Waals surface area contributed by atoms with Crippen LogP contribution in [0.3, 0.4) is 0 Å². The zero-order chi connectivity index (χ0) is 15.8. The Bertz CT molecular complexity index is 750. The summed E-state index contributed by atoms with van der Waals surface area (Å²) in [6.45, 7) is 3.24. The molecule has 1 fully saturated rings. The zero-order valence-corrected chi connectivity index (χ0v) is 13.9.